The molecule has 10 heteroatoms. The fourth-order valence-electron chi connectivity index (χ4n) is 4.52. The molecule has 9 nitrogen and oxygen atoms in total. The molecule has 0 bridgehead atoms. The molecule has 4 N–H and O–H groups in total. The van der Waals surface area contributed by atoms with Crippen molar-refractivity contribution in [2.45, 2.75) is 72.2 Å². The molecule has 0 spiro atoms. The number of amides is 1. The molecular weight excluding hydrogens is 514 g/mol. The topological polar surface area (TPSA) is 124 Å². The number of pyridine rings is 1. The molecule has 2 aliphatic rings. The van der Waals surface area contributed by atoms with Crippen LogP contribution in [0.25, 0.3) is 0 Å². The molecule has 0 aromatic carbocycles. The highest BCUT2D eigenvalue weighted by atomic mass is 32.2. The van der Waals surface area contributed by atoms with Gasteiger partial charge in [-0.2, -0.15) is 0 Å². The van der Waals surface area contributed by atoms with Crippen LogP contribution in [0.4, 0.5) is 11.6 Å². The van der Waals surface area contributed by atoms with Crippen LogP contribution in [0.5, 0.6) is 0 Å². The molecule has 1 amide bonds. The highest BCUT2D eigenvalue weighted by molar-refractivity contribution is 7.93. The lowest BCUT2D eigenvalue weighted by Crippen LogP contribution is -2.39. The van der Waals surface area contributed by atoms with Crippen LogP contribution in [0, 0.1) is 17.3 Å². The summed E-state index contributed by atoms with van der Waals surface area (Å²) in [5.74, 6) is 1.42. The van der Waals surface area contributed by atoms with Crippen molar-refractivity contribution in [1.29, 1.82) is 0 Å². The van der Waals surface area contributed by atoms with Gasteiger partial charge in [-0.15, -0.1) is 0 Å². The summed E-state index contributed by atoms with van der Waals surface area (Å²) in [7, 11) is -2.17. The SMILES string of the molecule is CC(C)S(=O)(=O)N(C)c1cc(C(=O)NC[C@@H](O)CNCC2=CCCC(C(C)(C)C)=C2)cc(NC[C@H]2C[C@@H]2C)n1. The largest absolute Gasteiger partial charge is 0.390 e. The molecule has 0 aliphatic heterocycles. The lowest BCUT2D eigenvalue weighted by atomic mass is 9.80. The van der Waals surface area contributed by atoms with Gasteiger partial charge in [0.05, 0.1) is 11.4 Å². The Bertz CT molecular complexity index is 1190. The van der Waals surface area contributed by atoms with E-state index in [0.717, 1.165) is 23.6 Å². The molecule has 39 heavy (non-hydrogen) atoms. The van der Waals surface area contributed by atoms with Crippen molar-refractivity contribution in [3.8, 4) is 0 Å². The molecule has 3 rings (SSSR count). The van der Waals surface area contributed by atoms with Gasteiger partial charge in [0.15, 0.2) is 0 Å². The number of anilines is 2. The van der Waals surface area contributed by atoms with Crippen LogP contribution in [0.3, 0.4) is 0 Å². The van der Waals surface area contributed by atoms with E-state index in [1.165, 1.54) is 24.3 Å². The number of nitrogens with one attached hydrogen (secondary N) is 3. The minimum absolute atomic E-state index is 0.0636. The first kappa shape index (κ1) is 31.1. The number of aromatic nitrogens is 1. The summed E-state index contributed by atoms with van der Waals surface area (Å²) in [6.45, 7) is 13.8. The van der Waals surface area contributed by atoms with Crippen LogP contribution >= 0.6 is 0 Å². The summed E-state index contributed by atoms with van der Waals surface area (Å²) >= 11 is 0. The standard InChI is InChI=1S/C29H47N5O4S/c1-19(2)39(37,38)34(7)27-14-22(13-26(33-27)31-16-23-11-20(23)3)28(36)32-18-25(35)17-30-15-21-9-8-10-24(12-21)29(4,5)6/h9,12-14,19-20,23,25,30,35H,8,10-11,15-18H2,1-7H3,(H,31,33)(H,32,36)/t20-,23+,25-/m0/s1. The number of carbonyl (C=O) groups is 1. The van der Waals surface area contributed by atoms with Gasteiger partial charge in [-0.1, -0.05) is 45.4 Å². The predicted octanol–water partition coefficient (Wildman–Crippen LogP) is 3.70. The fourth-order valence-corrected chi connectivity index (χ4v) is 5.50. The lowest BCUT2D eigenvalue weighted by molar-refractivity contribution is 0.0916. The maximum absolute atomic E-state index is 13.0. The van der Waals surface area contributed by atoms with Crippen molar-refractivity contribution >= 4 is 27.6 Å². The number of allylic oxidation sites excluding steroid dienone is 2. The van der Waals surface area contributed by atoms with E-state index in [1.54, 1.807) is 19.9 Å². The third kappa shape index (κ3) is 8.78. The van der Waals surface area contributed by atoms with E-state index in [0.29, 0.717) is 37.3 Å². The van der Waals surface area contributed by atoms with Gasteiger partial charge in [-0.25, -0.2) is 13.4 Å². The minimum Gasteiger partial charge on any atom is -0.390 e. The van der Waals surface area contributed by atoms with E-state index < -0.39 is 27.3 Å². The Hall–Kier alpha value is -2.43. The number of aliphatic hydroxyl groups excluding tert-OH is 1. The third-order valence-corrected chi connectivity index (χ3v) is 9.69. The van der Waals surface area contributed by atoms with Crippen LogP contribution in [0.2, 0.25) is 0 Å². The predicted molar refractivity (Wildman–Crippen MR) is 159 cm³/mol. The van der Waals surface area contributed by atoms with Crippen molar-refractivity contribution in [2.24, 2.45) is 17.3 Å². The highest BCUT2D eigenvalue weighted by Gasteiger charge is 2.32. The van der Waals surface area contributed by atoms with E-state index in [9.17, 15) is 18.3 Å². The summed E-state index contributed by atoms with van der Waals surface area (Å²) in [5, 5.41) is 19.2. The highest BCUT2D eigenvalue weighted by Crippen LogP contribution is 2.37. The molecule has 3 atom stereocenters. The van der Waals surface area contributed by atoms with E-state index >= 15 is 0 Å². The van der Waals surface area contributed by atoms with E-state index in [-0.39, 0.29) is 23.3 Å². The second-order valence-corrected chi connectivity index (χ2v) is 14.8. The van der Waals surface area contributed by atoms with Crippen molar-refractivity contribution in [3.63, 3.8) is 0 Å². The third-order valence-electron chi connectivity index (χ3n) is 7.55. The summed E-state index contributed by atoms with van der Waals surface area (Å²) in [6, 6.07) is 3.10. The van der Waals surface area contributed by atoms with Crippen LogP contribution in [-0.4, -0.2) is 69.0 Å². The Morgan fingerprint density at radius 1 is 1.23 bits per heavy atom. The Morgan fingerprint density at radius 2 is 1.92 bits per heavy atom. The van der Waals surface area contributed by atoms with Gasteiger partial charge < -0.3 is 21.1 Å². The Labute approximate surface area is 234 Å². The molecule has 1 heterocycles. The van der Waals surface area contributed by atoms with Gasteiger partial charge in [-0.3, -0.25) is 9.10 Å². The van der Waals surface area contributed by atoms with Crippen molar-refractivity contribution in [2.75, 3.05) is 42.8 Å². The maximum atomic E-state index is 13.0. The number of carbonyl (C=O) groups excluding carboxylic acids is 1. The number of rotatable bonds is 13. The smallest absolute Gasteiger partial charge is 0.251 e. The molecule has 1 aromatic rings. The van der Waals surface area contributed by atoms with Gasteiger partial charge in [0.25, 0.3) is 5.91 Å². The van der Waals surface area contributed by atoms with Crippen molar-refractivity contribution < 1.29 is 18.3 Å². The van der Waals surface area contributed by atoms with Gasteiger partial charge >= 0.3 is 0 Å². The monoisotopic (exact) mass is 561 g/mol. The normalized spacial score (nSPS) is 20.2. The van der Waals surface area contributed by atoms with E-state index in [1.807, 2.05) is 0 Å². The van der Waals surface area contributed by atoms with Crippen LogP contribution < -0.4 is 20.3 Å². The van der Waals surface area contributed by atoms with Crippen LogP contribution in [0.15, 0.2) is 35.4 Å². The number of sulfonamides is 1. The Morgan fingerprint density at radius 3 is 2.54 bits per heavy atom. The van der Waals surface area contributed by atoms with Crippen molar-refractivity contribution in [3.05, 3.63) is 41.0 Å². The maximum Gasteiger partial charge on any atom is 0.251 e. The summed E-state index contributed by atoms with van der Waals surface area (Å²) in [6.07, 6.45) is 6.94. The molecule has 2 aliphatic carbocycles. The molecule has 218 valence electrons. The zero-order valence-electron chi connectivity index (χ0n) is 24.5. The first-order chi connectivity index (χ1) is 18.2. The number of hydrogen-bond acceptors (Lipinski definition) is 7. The number of hydrogen-bond donors (Lipinski definition) is 4. The van der Waals surface area contributed by atoms with Crippen LogP contribution in [-0.2, 0) is 10.0 Å². The molecule has 0 radical (unpaired) electrons. The average Bonchev–Trinajstić information content (AvgIpc) is 3.59. The average molecular weight is 562 g/mol. The molecule has 0 unspecified atom stereocenters. The molecule has 1 aromatic heterocycles. The summed E-state index contributed by atoms with van der Waals surface area (Å²) in [5.41, 5.74) is 3.08. The molecule has 1 fully saturated rings. The van der Waals surface area contributed by atoms with E-state index in [2.05, 4.69) is 60.8 Å². The van der Waals surface area contributed by atoms with Crippen LogP contribution in [0.1, 0.15) is 71.2 Å². The zero-order valence-corrected chi connectivity index (χ0v) is 25.4. The summed E-state index contributed by atoms with van der Waals surface area (Å²) in [4.78, 5) is 17.5. The lowest BCUT2D eigenvalue weighted by Gasteiger charge is -2.26. The number of nitrogens with zero attached hydrogens (tertiary/aromatic N) is 2. The second kappa shape index (κ2) is 12.8. The number of aliphatic hydroxyl groups is 1. The quantitative estimate of drug-likeness (QED) is 0.290. The van der Waals surface area contributed by atoms with Gasteiger partial charge in [0, 0.05) is 38.8 Å². The fraction of sp³-hybridized carbons (Fsp3) is 0.655. The van der Waals surface area contributed by atoms with E-state index in [4.69, 9.17) is 0 Å². The second-order valence-electron chi connectivity index (χ2n) is 12.2. The zero-order chi connectivity index (χ0) is 29.0. The van der Waals surface area contributed by atoms with Gasteiger partial charge in [0.2, 0.25) is 10.0 Å². The molecular formula is C29H47N5O4S. The van der Waals surface area contributed by atoms with Gasteiger partial charge in [0.1, 0.15) is 11.6 Å². The molecule has 1 saturated carbocycles. The minimum atomic E-state index is -3.62. The Balaban J connectivity index is 1.60. The first-order valence-corrected chi connectivity index (χ1v) is 15.5. The van der Waals surface area contributed by atoms with Gasteiger partial charge in [-0.05, 0) is 68.1 Å². The first-order valence-electron chi connectivity index (χ1n) is 14.0. The molecule has 0 saturated heterocycles. The van der Waals surface area contributed by atoms with Crippen molar-refractivity contribution in [1.82, 2.24) is 15.6 Å². The Kier molecular flexibility index (Phi) is 10.2. The summed E-state index contributed by atoms with van der Waals surface area (Å²) < 4.78 is 26.6.